The molecule has 0 saturated heterocycles. The van der Waals surface area contributed by atoms with E-state index in [1.807, 2.05) is 0 Å². The van der Waals surface area contributed by atoms with Gasteiger partial charge in [-0.15, -0.1) is 0 Å². The zero-order valence-electron chi connectivity index (χ0n) is 3.57. The normalized spacial score (nSPS) is 6.17. The van der Waals surface area contributed by atoms with Crippen LogP contribution in [0.4, 0.5) is 0 Å². The van der Waals surface area contributed by atoms with E-state index in [2.05, 4.69) is 18.8 Å². The molecule has 32 valence electrons. The number of aliphatic hydroxyl groups excluding tert-OH is 1. The molecule has 0 spiro atoms. The second-order valence-electron chi connectivity index (χ2n) is 0.762. The molecule has 0 unspecified atom stereocenters. The predicted molar refractivity (Wildman–Crippen MR) is 24.8 cm³/mol. The van der Waals surface area contributed by atoms with Crippen LogP contribution in [-0.4, -0.2) is 11.7 Å². The lowest BCUT2D eigenvalue weighted by Crippen LogP contribution is -1.68. The lowest BCUT2D eigenvalue weighted by atomic mass is 10.5. The molecule has 0 amide bonds. The van der Waals surface area contributed by atoms with E-state index in [1.54, 1.807) is 0 Å². The fourth-order valence-electron chi connectivity index (χ4n) is 0.144. The van der Waals surface area contributed by atoms with Crippen molar-refractivity contribution in [2.24, 2.45) is 0 Å². The average molecular weight is 83.1 g/mol. The maximum Gasteiger partial charge on any atom is 0.145 e. The Balaban J connectivity index is 2.90. The van der Waals surface area contributed by atoms with Crippen molar-refractivity contribution in [2.45, 2.75) is 6.42 Å². The maximum atomic E-state index is 8.00. The van der Waals surface area contributed by atoms with Crippen molar-refractivity contribution in [3.05, 3.63) is 6.92 Å². The van der Waals surface area contributed by atoms with Gasteiger partial charge in [-0.3, -0.25) is 0 Å². The average Bonchev–Trinajstić information content (AvgIpc) is 1.61. The minimum Gasteiger partial charge on any atom is -0.384 e. The third-order valence-corrected chi connectivity index (χ3v) is 0.329. The van der Waals surface area contributed by atoms with E-state index < -0.39 is 0 Å². The maximum absolute atomic E-state index is 8.00. The molecular formula is C5H7O+. The first-order valence-electron chi connectivity index (χ1n) is 1.77. The number of hydrogen-bond donors (Lipinski definition) is 1. The molecule has 6 heavy (non-hydrogen) atoms. The molecule has 1 nitrogen and oxygen atoms in total. The van der Waals surface area contributed by atoms with E-state index >= 15 is 0 Å². The highest BCUT2D eigenvalue weighted by atomic mass is 16.2. The Hall–Kier alpha value is -0.610. The van der Waals surface area contributed by atoms with Gasteiger partial charge in [-0.05, 0) is 0 Å². The highest BCUT2D eigenvalue weighted by Crippen LogP contribution is 1.62. The molecule has 1 N–H and O–H groups in total. The first kappa shape index (κ1) is 5.39. The smallest absolute Gasteiger partial charge is 0.145 e. The minimum atomic E-state index is -0.0461. The SMILES string of the molecule is [CH2+]CC#CCO. The molecule has 1 heteroatoms. The largest absolute Gasteiger partial charge is 0.384 e. The molecule has 0 bridgehead atoms. The summed E-state index contributed by atoms with van der Waals surface area (Å²) < 4.78 is 0. The third kappa shape index (κ3) is 3.39. The van der Waals surface area contributed by atoms with Crippen molar-refractivity contribution in [1.82, 2.24) is 0 Å². The first-order chi connectivity index (χ1) is 2.91. The zero-order valence-corrected chi connectivity index (χ0v) is 3.57. The molecule has 0 aromatic rings. The number of aliphatic hydroxyl groups is 1. The standard InChI is InChI=1S/C5H7O/c1-2-3-4-5-6/h6H,1-2,5H2/q+1. The third-order valence-electron chi connectivity index (χ3n) is 0.329. The van der Waals surface area contributed by atoms with Gasteiger partial charge in [-0.2, -0.15) is 0 Å². The predicted octanol–water partition coefficient (Wildman–Crippen LogP) is 0.206. The van der Waals surface area contributed by atoms with Crippen LogP contribution in [0.5, 0.6) is 0 Å². The zero-order chi connectivity index (χ0) is 4.83. The summed E-state index contributed by atoms with van der Waals surface area (Å²) in [4.78, 5) is 0. The van der Waals surface area contributed by atoms with Gasteiger partial charge in [0.25, 0.3) is 0 Å². The van der Waals surface area contributed by atoms with Crippen LogP contribution in [0, 0.1) is 18.8 Å². The summed E-state index contributed by atoms with van der Waals surface area (Å²) in [5.74, 6) is 5.03. The van der Waals surface area contributed by atoms with Crippen LogP contribution in [0.15, 0.2) is 0 Å². The van der Waals surface area contributed by atoms with Crippen molar-refractivity contribution in [1.29, 1.82) is 0 Å². The first-order valence-corrected chi connectivity index (χ1v) is 1.77. The Morgan fingerprint density at radius 2 is 2.17 bits per heavy atom. The van der Waals surface area contributed by atoms with Crippen molar-refractivity contribution < 1.29 is 5.11 Å². The lowest BCUT2D eigenvalue weighted by molar-refractivity contribution is 0.350. The van der Waals surface area contributed by atoms with Gasteiger partial charge in [-0.1, -0.05) is 11.8 Å². The van der Waals surface area contributed by atoms with Crippen LogP contribution < -0.4 is 0 Å². The molecule has 0 aliphatic rings. The van der Waals surface area contributed by atoms with Crippen LogP contribution in [0.25, 0.3) is 0 Å². The van der Waals surface area contributed by atoms with Gasteiger partial charge in [0, 0.05) is 0 Å². The molecule has 0 saturated carbocycles. The fourth-order valence-corrected chi connectivity index (χ4v) is 0.144. The minimum absolute atomic E-state index is 0.0461. The van der Waals surface area contributed by atoms with E-state index in [0.29, 0.717) is 6.42 Å². The Morgan fingerprint density at radius 1 is 1.50 bits per heavy atom. The summed E-state index contributed by atoms with van der Waals surface area (Å²) in [5, 5.41) is 8.00. The van der Waals surface area contributed by atoms with Gasteiger partial charge in [0.15, 0.2) is 0 Å². The summed E-state index contributed by atoms with van der Waals surface area (Å²) >= 11 is 0. The summed E-state index contributed by atoms with van der Waals surface area (Å²) in [7, 11) is 0. The highest BCUT2D eigenvalue weighted by molar-refractivity contribution is 4.98. The monoisotopic (exact) mass is 83.0 g/mol. The molecule has 0 rings (SSSR count). The summed E-state index contributed by atoms with van der Waals surface area (Å²) in [6.45, 7) is 3.39. The number of hydrogen-bond acceptors (Lipinski definition) is 1. The lowest BCUT2D eigenvalue weighted by Gasteiger charge is -1.62. The second-order valence-corrected chi connectivity index (χ2v) is 0.762. The summed E-state index contributed by atoms with van der Waals surface area (Å²) in [6, 6.07) is 0. The van der Waals surface area contributed by atoms with E-state index in [9.17, 15) is 0 Å². The molecule has 0 aliphatic carbocycles. The van der Waals surface area contributed by atoms with Crippen molar-refractivity contribution in [3.8, 4) is 11.8 Å². The topological polar surface area (TPSA) is 20.2 Å². The molecule has 0 atom stereocenters. The molecule has 0 heterocycles. The Morgan fingerprint density at radius 3 is 2.33 bits per heavy atom. The van der Waals surface area contributed by atoms with Gasteiger partial charge in [0.2, 0.25) is 0 Å². The molecule has 0 aromatic heterocycles. The van der Waals surface area contributed by atoms with Crippen molar-refractivity contribution in [3.63, 3.8) is 0 Å². The van der Waals surface area contributed by atoms with Gasteiger partial charge in [0.1, 0.15) is 13.0 Å². The van der Waals surface area contributed by atoms with Crippen molar-refractivity contribution >= 4 is 0 Å². The van der Waals surface area contributed by atoms with Crippen LogP contribution in [0.3, 0.4) is 0 Å². The Bertz CT molecular complexity index is 57.7. The van der Waals surface area contributed by atoms with E-state index in [0.717, 1.165) is 0 Å². The second kappa shape index (κ2) is 4.39. The van der Waals surface area contributed by atoms with Gasteiger partial charge in [-0.25, -0.2) is 0 Å². The van der Waals surface area contributed by atoms with E-state index in [-0.39, 0.29) is 6.61 Å². The van der Waals surface area contributed by atoms with Gasteiger partial charge in [0.05, 0.1) is 6.92 Å². The van der Waals surface area contributed by atoms with E-state index in [4.69, 9.17) is 5.11 Å². The van der Waals surface area contributed by atoms with Crippen LogP contribution in [0.1, 0.15) is 6.42 Å². The number of rotatable bonds is 0. The molecule has 0 fully saturated rings. The van der Waals surface area contributed by atoms with E-state index in [1.165, 1.54) is 0 Å². The Labute approximate surface area is 38.0 Å². The van der Waals surface area contributed by atoms with Crippen LogP contribution in [0.2, 0.25) is 0 Å². The van der Waals surface area contributed by atoms with Gasteiger partial charge < -0.3 is 5.11 Å². The molecule has 0 radical (unpaired) electrons. The molecule has 0 aliphatic heterocycles. The fraction of sp³-hybridized carbons (Fsp3) is 0.400. The highest BCUT2D eigenvalue weighted by Gasteiger charge is 1.62. The van der Waals surface area contributed by atoms with Crippen LogP contribution >= 0.6 is 0 Å². The van der Waals surface area contributed by atoms with Crippen LogP contribution in [-0.2, 0) is 0 Å². The Kier molecular flexibility index (Phi) is 3.94. The molecular weight excluding hydrogens is 76.1 g/mol. The molecule has 0 aromatic carbocycles. The van der Waals surface area contributed by atoms with Gasteiger partial charge >= 0.3 is 0 Å². The van der Waals surface area contributed by atoms with Crippen molar-refractivity contribution in [2.75, 3.05) is 6.61 Å². The quantitative estimate of drug-likeness (QED) is 0.328. The summed E-state index contributed by atoms with van der Waals surface area (Å²) in [6.07, 6.45) is 0.584. The summed E-state index contributed by atoms with van der Waals surface area (Å²) in [5.41, 5.74) is 0.